The highest BCUT2D eigenvalue weighted by molar-refractivity contribution is 5.81. The van der Waals surface area contributed by atoms with Gasteiger partial charge in [0, 0.05) is 31.2 Å². The fourth-order valence-corrected chi connectivity index (χ4v) is 3.62. The number of amides is 1. The van der Waals surface area contributed by atoms with E-state index in [0.717, 1.165) is 18.9 Å². The average molecular weight is 482 g/mol. The van der Waals surface area contributed by atoms with Crippen LogP contribution in [0.5, 0.6) is 0 Å². The van der Waals surface area contributed by atoms with E-state index >= 15 is 0 Å². The van der Waals surface area contributed by atoms with Crippen molar-refractivity contribution in [2.45, 2.75) is 64.2 Å². The second kappa shape index (κ2) is 16.7. The van der Waals surface area contributed by atoms with Gasteiger partial charge in [-0.25, -0.2) is 29.2 Å². The normalized spacial score (nSPS) is 20.5. The highest BCUT2D eigenvalue weighted by Crippen LogP contribution is 2.47. The molecule has 1 amide bonds. The van der Waals surface area contributed by atoms with Crippen LogP contribution in [0.1, 0.15) is 46.0 Å². The van der Waals surface area contributed by atoms with Gasteiger partial charge in [0.2, 0.25) is 12.2 Å². The van der Waals surface area contributed by atoms with E-state index in [1.54, 1.807) is 19.9 Å². The predicted molar refractivity (Wildman–Crippen MR) is 122 cm³/mol. The Hall–Kier alpha value is -2.84. The number of ether oxygens (including phenoxy) is 4. The number of hydrogen-bond donors (Lipinski definition) is 1. The minimum Gasteiger partial charge on any atom is -0.457 e. The third kappa shape index (κ3) is 11.3. The summed E-state index contributed by atoms with van der Waals surface area (Å²) in [6, 6.07) is -0.199. The lowest BCUT2D eigenvalue weighted by atomic mass is 9.62. The highest BCUT2D eigenvalue weighted by Gasteiger charge is 2.46. The van der Waals surface area contributed by atoms with Crippen LogP contribution in [-0.2, 0) is 33.3 Å². The van der Waals surface area contributed by atoms with Gasteiger partial charge >= 0.3 is 12.1 Å². The number of nitrogens with one attached hydrogen (secondary N) is 1. The maximum atomic E-state index is 11.9. The minimum atomic E-state index is -0.543. The van der Waals surface area contributed by atoms with E-state index in [1.807, 2.05) is 0 Å². The van der Waals surface area contributed by atoms with Crippen LogP contribution in [0.2, 0.25) is 0 Å². The van der Waals surface area contributed by atoms with E-state index in [0.29, 0.717) is 39.0 Å². The first-order valence-corrected chi connectivity index (χ1v) is 11.4. The van der Waals surface area contributed by atoms with Gasteiger partial charge in [0.1, 0.15) is 12.2 Å². The zero-order chi connectivity index (χ0) is 25.2. The number of carbonyl (C=O) groups is 2. The fraction of sp³-hybridized carbons (Fsp3) is 0.739. The molecule has 4 unspecified atom stereocenters. The van der Waals surface area contributed by atoms with Crippen molar-refractivity contribution in [1.29, 1.82) is 0 Å². The molecule has 34 heavy (non-hydrogen) atoms. The average Bonchev–Trinajstić information content (AvgIpc) is 2.80. The summed E-state index contributed by atoms with van der Waals surface area (Å²) in [7, 11) is 0. The summed E-state index contributed by atoms with van der Waals surface area (Å²) in [6.45, 7) is 8.86. The molecule has 190 valence electrons. The van der Waals surface area contributed by atoms with Gasteiger partial charge in [-0.2, -0.15) is 0 Å². The molecule has 1 rings (SSSR count). The summed E-state index contributed by atoms with van der Waals surface area (Å²) in [5.41, 5.74) is -0.348. The number of hydrogen-bond acceptors (Lipinski definition) is 10. The molecule has 11 nitrogen and oxygen atoms in total. The molecule has 0 aromatic carbocycles. The summed E-state index contributed by atoms with van der Waals surface area (Å²) in [5, 5.41) is 2.69. The molecular weight excluding hydrogens is 446 g/mol. The van der Waals surface area contributed by atoms with Gasteiger partial charge in [0.25, 0.3) is 0 Å². The van der Waals surface area contributed by atoms with E-state index in [1.165, 1.54) is 6.08 Å². The zero-order valence-electron chi connectivity index (χ0n) is 20.0. The monoisotopic (exact) mass is 481 g/mol. The molecule has 0 aliphatic heterocycles. The van der Waals surface area contributed by atoms with Crippen molar-refractivity contribution in [2.75, 3.05) is 39.5 Å². The van der Waals surface area contributed by atoms with Gasteiger partial charge in [0.05, 0.1) is 25.8 Å². The lowest BCUT2D eigenvalue weighted by molar-refractivity contribution is -0.145. The van der Waals surface area contributed by atoms with Crippen LogP contribution in [0.15, 0.2) is 22.6 Å². The molecular formula is C23H35N3O8. The second-order valence-electron chi connectivity index (χ2n) is 8.25. The van der Waals surface area contributed by atoms with Gasteiger partial charge < -0.3 is 24.3 Å². The molecule has 0 aromatic heterocycles. The van der Waals surface area contributed by atoms with Crippen LogP contribution in [0.4, 0.5) is 4.79 Å². The number of nitrogens with zero attached hydrogens (tertiary/aromatic N) is 2. The number of alkyl carbamates (subject to hydrolysis) is 1. The summed E-state index contributed by atoms with van der Waals surface area (Å²) >= 11 is 0. The smallest absolute Gasteiger partial charge is 0.407 e. The lowest BCUT2D eigenvalue weighted by Gasteiger charge is -2.45. The van der Waals surface area contributed by atoms with E-state index in [-0.39, 0.29) is 37.3 Å². The number of aliphatic imine (C=N–C) groups is 2. The molecule has 0 aromatic rings. The summed E-state index contributed by atoms with van der Waals surface area (Å²) in [6.07, 6.45) is 6.39. The Kier molecular flexibility index (Phi) is 14.4. The van der Waals surface area contributed by atoms with E-state index < -0.39 is 18.2 Å². The topological polar surface area (TPSA) is 142 Å². The van der Waals surface area contributed by atoms with Gasteiger partial charge in [-0.15, -0.1) is 0 Å². The predicted octanol–water partition coefficient (Wildman–Crippen LogP) is 2.24. The Morgan fingerprint density at radius 1 is 1.12 bits per heavy atom. The Labute approximate surface area is 200 Å². The molecule has 0 saturated heterocycles. The van der Waals surface area contributed by atoms with E-state index in [4.69, 9.17) is 18.9 Å². The Morgan fingerprint density at radius 2 is 1.79 bits per heavy atom. The molecule has 0 heterocycles. The van der Waals surface area contributed by atoms with Crippen LogP contribution < -0.4 is 5.32 Å². The van der Waals surface area contributed by atoms with E-state index in [2.05, 4.69) is 21.9 Å². The van der Waals surface area contributed by atoms with Gasteiger partial charge in [-0.1, -0.05) is 6.58 Å². The molecule has 4 atom stereocenters. The first-order valence-electron chi connectivity index (χ1n) is 11.4. The quantitative estimate of drug-likeness (QED) is 0.103. The van der Waals surface area contributed by atoms with Crippen LogP contribution in [0.3, 0.4) is 0 Å². The largest absolute Gasteiger partial charge is 0.457 e. The zero-order valence-corrected chi connectivity index (χ0v) is 20.0. The summed E-state index contributed by atoms with van der Waals surface area (Å²) in [4.78, 5) is 51.5. The summed E-state index contributed by atoms with van der Waals surface area (Å²) in [5.74, 6) is -0.484. The van der Waals surface area contributed by atoms with Crippen molar-refractivity contribution in [3.8, 4) is 0 Å². The van der Waals surface area contributed by atoms with Crippen LogP contribution in [0, 0.1) is 5.41 Å². The van der Waals surface area contributed by atoms with Gasteiger partial charge in [0.15, 0.2) is 0 Å². The molecule has 1 fully saturated rings. The van der Waals surface area contributed by atoms with Crippen LogP contribution in [-0.4, -0.2) is 82.0 Å². The minimum absolute atomic E-state index is 0.199. The SMILES string of the molecule is C=CC(=O)OC(C)COCCCOCC(C)OC(=O)NCCCC1(CN=C=O)CCC1N=C=O. The van der Waals surface area contributed by atoms with Crippen molar-refractivity contribution < 1.29 is 38.1 Å². The molecule has 1 aliphatic rings. The molecule has 1 saturated carbocycles. The van der Waals surface area contributed by atoms with Crippen molar-refractivity contribution in [1.82, 2.24) is 5.32 Å². The van der Waals surface area contributed by atoms with Gasteiger partial charge in [-0.05, 0) is 46.0 Å². The summed E-state index contributed by atoms with van der Waals surface area (Å²) < 4.78 is 21.1. The molecule has 1 N–H and O–H groups in total. The third-order valence-corrected chi connectivity index (χ3v) is 5.49. The lowest BCUT2D eigenvalue weighted by Crippen LogP contribution is -2.46. The molecule has 0 bridgehead atoms. The molecule has 0 radical (unpaired) electrons. The maximum Gasteiger partial charge on any atom is 0.407 e. The standard InChI is InChI=1S/C23H35N3O8/c1-4-21(29)33-18(2)13-31-11-6-12-32-14-19(3)34-22(30)25-10-5-8-23(15-24-16-27)9-7-20(23)26-17-28/h4,18-20H,1,5-15H2,2-3H3,(H,25,30). The Morgan fingerprint density at radius 3 is 2.35 bits per heavy atom. The first-order chi connectivity index (χ1) is 16.4. The van der Waals surface area contributed by atoms with Gasteiger partial charge in [-0.3, -0.25) is 0 Å². The van der Waals surface area contributed by atoms with Crippen molar-refractivity contribution in [3.05, 3.63) is 12.7 Å². The second-order valence-corrected chi connectivity index (χ2v) is 8.25. The van der Waals surface area contributed by atoms with E-state index in [9.17, 15) is 19.2 Å². The number of isocyanates is 2. The Balaban J connectivity index is 2.11. The molecule has 1 aliphatic carbocycles. The number of rotatable bonds is 18. The van der Waals surface area contributed by atoms with Crippen molar-refractivity contribution >= 4 is 24.2 Å². The van der Waals surface area contributed by atoms with Crippen LogP contribution in [0.25, 0.3) is 0 Å². The van der Waals surface area contributed by atoms with Crippen molar-refractivity contribution in [3.63, 3.8) is 0 Å². The third-order valence-electron chi connectivity index (χ3n) is 5.49. The molecule has 11 heteroatoms. The Bertz CT molecular complexity index is 748. The fourth-order valence-electron chi connectivity index (χ4n) is 3.62. The highest BCUT2D eigenvalue weighted by atomic mass is 16.6. The van der Waals surface area contributed by atoms with Crippen molar-refractivity contribution in [2.24, 2.45) is 15.4 Å². The first kappa shape index (κ1) is 29.2. The van der Waals surface area contributed by atoms with Crippen LogP contribution >= 0.6 is 0 Å². The maximum absolute atomic E-state index is 11.9. The number of esters is 1. The number of carbonyl (C=O) groups excluding carboxylic acids is 4. The molecule has 0 spiro atoms.